The third kappa shape index (κ3) is 4.47. The molecular formula is C20H21N5O3S. The van der Waals surface area contributed by atoms with E-state index in [1.165, 1.54) is 18.4 Å². The van der Waals surface area contributed by atoms with E-state index in [9.17, 15) is 4.79 Å². The van der Waals surface area contributed by atoms with E-state index in [0.717, 1.165) is 29.2 Å². The van der Waals surface area contributed by atoms with Gasteiger partial charge in [0, 0.05) is 30.9 Å². The van der Waals surface area contributed by atoms with Crippen molar-refractivity contribution in [3.63, 3.8) is 0 Å². The first kappa shape index (κ1) is 19.2. The number of hydrogen-bond donors (Lipinski definition) is 2. The van der Waals surface area contributed by atoms with Gasteiger partial charge in [-0.25, -0.2) is 4.98 Å². The largest absolute Gasteiger partial charge is 0.481 e. The van der Waals surface area contributed by atoms with Crippen molar-refractivity contribution in [3.8, 4) is 17.0 Å². The van der Waals surface area contributed by atoms with Crippen LogP contribution in [0.3, 0.4) is 0 Å². The molecule has 0 bridgehead atoms. The molecule has 3 heterocycles. The Balaban J connectivity index is 1.56. The highest BCUT2D eigenvalue weighted by atomic mass is 32.1. The van der Waals surface area contributed by atoms with E-state index in [2.05, 4.69) is 37.9 Å². The first-order valence-corrected chi connectivity index (χ1v) is 10.0. The minimum Gasteiger partial charge on any atom is -0.481 e. The van der Waals surface area contributed by atoms with Crippen LogP contribution in [-0.4, -0.2) is 49.3 Å². The summed E-state index contributed by atoms with van der Waals surface area (Å²) in [6.07, 6.45) is 1.55. The minimum atomic E-state index is -0.252. The summed E-state index contributed by atoms with van der Waals surface area (Å²) in [5, 5.41) is 1.07. The lowest BCUT2D eigenvalue weighted by atomic mass is 10.1. The van der Waals surface area contributed by atoms with Crippen molar-refractivity contribution in [2.75, 3.05) is 43.7 Å². The summed E-state index contributed by atoms with van der Waals surface area (Å²) in [5.74, 6) is 0.415. The normalized spacial score (nSPS) is 13.8. The molecule has 0 spiro atoms. The zero-order valence-corrected chi connectivity index (χ0v) is 16.7. The number of hydrogen-bond acceptors (Lipinski definition) is 8. The average Bonchev–Trinajstić information content (AvgIpc) is 3.24. The van der Waals surface area contributed by atoms with Gasteiger partial charge in [-0.05, 0) is 11.6 Å². The summed E-state index contributed by atoms with van der Waals surface area (Å²) >= 11 is 1.46. The Bertz CT molecular complexity index is 973. The molecule has 29 heavy (non-hydrogen) atoms. The Hall–Kier alpha value is -3.17. The number of carbonyl (C=O) groups excluding carboxylic acids is 1. The van der Waals surface area contributed by atoms with Crippen LogP contribution in [0.15, 0.2) is 48.7 Å². The molecule has 1 saturated heterocycles. The summed E-state index contributed by atoms with van der Waals surface area (Å²) in [5.41, 5.74) is 7.52. The number of ether oxygens (including phenoxy) is 2. The number of amides is 1. The Morgan fingerprint density at radius 2 is 2.00 bits per heavy atom. The maximum absolute atomic E-state index is 12.8. The number of thiophene rings is 1. The monoisotopic (exact) mass is 411 g/mol. The van der Waals surface area contributed by atoms with Crippen LogP contribution in [0.1, 0.15) is 9.67 Å². The van der Waals surface area contributed by atoms with E-state index in [4.69, 9.17) is 9.47 Å². The van der Waals surface area contributed by atoms with Gasteiger partial charge in [0.15, 0.2) is 0 Å². The number of rotatable bonds is 6. The third-order valence-electron chi connectivity index (χ3n) is 4.45. The zero-order chi connectivity index (χ0) is 20.1. The predicted octanol–water partition coefficient (Wildman–Crippen LogP) is 2.81. The molecule has 1 aromatic carbocycles. The average molecular weight is 411 g/mol. The van der Waals surface area contributed by atoms with Gasteiger partial charge < -0.3 is 14.4 Å². The molecule has 150 valence electrons. The standard InChI is InChI=1S/C20H21N5O3S/c1-27-17-7-8-21-20(22-17)24-23-18(26)16-13-15(14-5-3-2-4-6-14)19(29-16)25-9-11-28-12-10-25/h2-8,13H,9-12H2,1H3,(H,23,26)(H,21,22,24). The van der Waals surface area contributed by atoms with Crippen LogP contribution in [0.4, 0.5) is 10.9 Å². The highest BCUT2D eigenvalue weighted by molar-refractivity contribution is 7.18. The van der Waals surface area contributed by atoms with Gasteiger partial charge in [-0.1, -0.05) is 30.3 Å². The van der Waals surface area contributed by atoms with Crippen molar-refractivity contribution in [1.29, 1.82) is 0 Å². The predicted molar refractivity (Wildman–Crippen MR) is 112 cm³/mol. The molecule has 2 aromatic heterocycles. The first-order valence-electron chi connectivity index (χ1n) is 9.20. The highest BCUT2D eigenvalue weighted by Gasteiger charge is 2.22. The van der Waals surface area contributed by atoms with Crippen LogP contribution in [0.2, 0.25) is 0 Å². The molecule has 0 saturated carbocycles. The lowest BCUT2D eigenvalue weighted by Crippen LogP contribution is -2.35. The van der Waals surface area contributed by atoms with E-state index in [0.29, 0.717) is 24.0 Å². The van der Waals surface area contributed by atoms with Crippen molar-refractivity contribution < 1.29 is 14.3 Å². The maximum atomic E-state index is 12.8. The number of methoxy groups -OCH3 is 1. The molecule has 1 amide bonds. The molecule has 0 aliphatic carbocycles. The third-order valence-corrected chi connectivity index (χ3v) is 5.64. The van der Waals surface area contributed by atoms with Crippen molar-refractivity contribution >= 4 is 28.2 Å². The van der Waals surface area contributed by atoms with E-state index >= 15 is 0 Å². The number of morpholine rings is 1. The summed E-state index contributed by atoms with van der Waals surface area (Å²) in [6.45, 7) is 2.97. The van der Waals surface area contributed by atoms with Gasteiger partial charge in [-0.2, -0.15) is 4.98 Å². The van der Waals surface area contributed by atoms with Crippen LogP contribution in [0.5, 0.6) is 5.88 Å². The van der Waals surface area contributed by atoms with Gasteiger partial charge in [0.1, 0.15) is 0 Å². The van der Waals surface area contributed by atoms with Crippen LogP contribution in [0.25, 0.3) is 11.1 Å². The highest BCUT2D eigenvalue weighted by Crippen LogP contribution is 2.39. The van der Waals surface area contributed by atoms with Crippen LogP contribution in [-0.2, 0) is 4.74 Å². The molecule has 1 fully saturated rings. The van der Waals surface area contributed by atoms with Gasteiger partial charge in [0.25, 0.3) is 5.91 Å². The summed E-state index contributed by atoms with van der Waals surface area (Å²) < 4.78 is 10.5. The van der Waals surface area contributed by atoms with Crippen molar-refractivity contribution in [2.45, 2.75) is 0 Å². The lowest BCUT2D eigenvalue weighted by Gasteiger charge is -2.28. The van der Waals surface area contributed by atoms with Crippen LogP contribution >= 0.6 is 11.3 Å². The first-order chi connectivity index (χ1) is 14.2. The number of anilines is 2. The van der Waals surface area contributed by atoms with Gasteiger partial charge >= 0.3 is 0 Å². The smallest absolute Gasteiger partial charge is 0.279 e. The van der Waals surface area contributed by atoms with Crippen LogP contribution in [0, 0.1) is 0 Å². The second-order valence-corrected chi connectivity index (χ2v) is 7.33. The second kappa shape index (κ2) is 8.89. The summed E-state index contributed by atoms with van der Waals surface area (Å²) in [4.78, 5) is 23.8. The van der Waals surface area contributed by atoms with E-state index in [1.807, 2.05) is 24.3 Å². The van der Waals surface area contributed by atoms with Gasteiger partial charge in [0.2, 0.25) is 11.8 Å². The number of benzene rings is 1. The lowest BCUT2D eigenvalue weighted by molar-refractivity contribution is 0.0966. The van der Waals surface area contributed by atoms with Crippen LogP contribution < -0.4 is 20.5 Å². The number of nitrogens with one attached hydrogen (secondary N) is 2. The molecule has 0 atom stereocenters. The van der Waals surface area contributed by atoms with Crippen molar-refractivity contribution in [2.24, 2.45) is 0 Å². The SMILES string of the molecule is COc1ccnc(NNC(=O)c2cc(-c3ccccc3)c(N3CCOCC3)s2)n1. The second-order valence-electron chi connectivity index (χ2n) is 6.30. The molecule has 1 aliphatic rings. The molecule has 8 nitrogen and oxygen atoms in total. The van der Waals surface area contributed by atoms with E-state index in [1.54, 1.807) is 12.3 Å². The van der Waals surface area contributed by atoms with Gasteiger partial charge in [0.05, 0.1) is 30.2 Å². The number of hydrazine groups is 1. The van der Waals surface area contributed by atoms with E-state index in [-0.39, 0.29) is 11.9 Å². The number of nitrogens with zero attached hydrogens (tertiary/aromatic N) is 3. The number of aromatic nitrogens is 2. The van der Waals surface area contributed by atoms with Gasteiger partial charge in [-0.15, -0.1) is 11.3 Å². The Labute approximate surface area is 172 Å². The topological polar surface area (TPSA) is 88.6 Å². The number of carbonyl (C=O) groups is 1. The molecule has 2 N–H and O–H groups in total. The molecule has 1 aliphatic heterocycles. The van der Waals surface area contributed by atoms with E-state index < -0.39 is 0 Å². The Morgan fingerprint density at radius 3 is 2.76 bits per heavy atom. The zero-order valence-electron chi connectivity index (χ0n) is 15.9. The van der Waals surface area contributed by atoms with Crippen molar-refractivity contribution in [3.05, 3.63) is 53.5 Å². The molecule has 0 unspecified atom stereocenters. The maximum Gasteiger partial charge on any atom is 0.279 e. The molecule has 4 rings (SSSR count). The summed E-state index contributed by atoms with van der Waals surface area (Å²) in [6, 6.07) is 13.6. The fraction of sp³-hybridized carbons (Fsp3) is 0.250. The molecule has 0 radical (unpaired) electrons. The quantitative estimate of drug-likeness (QED) is 0.603. The molecule has 9 heteroatoms. The van der Waals surface area contributed by atoms with Gasteiger partial charge in [-0.3, -0.25) is 15.6 Å². The minimum absolute atomic E-state index is 0.252. The Morgan fingerprint density at radius 1 is 1.21 bits per heavy atom. The fourth-order valence-corrected chi connectivity index (χ4v) is 4.14. The van der Waals surface area contributed by atoms with Crippen molar-refractivity contribution in [1.82, 2.24) is 15.4 Å². The molecular weight excluding hydrogens is 390 g/mol. The summed E-state index contributed by atoms with van der Waals surface area (Å²) in [7, 11) is 1.52. The fourth-order valence-electron chi connectivity index (χ4n) is 3.01. The Kier molecular flexibility index (Phi) is 5.87. The molecule has 3 aromatic rings.